The van der Waals surface area contributed by atoms with Gasteiger partial charge in [-0.25, -0.2) is 8.78 Å². The van der Waals surface area contributed by atoms with E-state index < -0.39 is 12.0 Å². The van der Waals surface area contributed by atoms with E-state index in [-0.39, 0.29) is 5.56 Å². The highest BCUT2D eigenvalue weighted by atomic mass is 19.3. The van der Waals surface area contributed by atoms with E-state index in [1.165, 1.54) is 12.1 Å². The lowest BCUT2D eigenvalue weighted by Gasteiger charge is -2.37. The van der Waals surface area contributed by atoms with Crippen LogP contribution in [0.15, 0.2) is 24.3 Å². The molecule has 1 nitrogen and oxygen atoms in total. The lowest BCUT2D eigenvalue weighted by atomic mass is 9.75. The second-order valence-electron chi connectivity index (χ2n) is 3.81. The fourth-order valence-corrected chi connectivity index (χ4v) is 1.74. The Bertz CT molecular complexity index is 315. The Hall–Kier alpha value is -0.960. The van der Waals surface area contributed by atoms with Crippen LogP contribution in [0.1, 0.15) is 36.8 Å². The Morgan fingerprint density at radius 2 is 1.71 bits per heavy atom. The van der Waals surface area contributed by atoms with Crippen LogP contribution in [-0.4, -0.2) is 5.11 Å². The van der Waals surface area contributed by atoms with Gasteiger partial charge in [0, 0.05) is 5.56 Å². The van der Waals surface area contributed by atoms with Crippen LogP contribution in [0.25, 0.3) is 0 Å². The van der Waals surface area contributed by atoms with Gasteiger partial charge >= 0.3 is 0 Å². The van der Waals surface area contributed by atoms with Crippen molar-refractivity contribution in [3.8, 4) is 0 Å². The maximum Gasteiger partial charge on any atom is 0.263 e. The minimum Gasteiger partial charge on any atom is -0.385 e. The van der Waals surface area contributed by atoms with E-state index in [4.69, 9.17) is 0 Å². The van der Waals surface area contributed by atoms with Crippen LogP contribution in [0, 0.1) is 0 Å². The molecule has 0 unspecified atom stereocenters. The molecule has 3 heteroatoms. The van der Waals surface area contributed by atoms with Crippen LogP contribution in [0.4, 0.5) is 8.78 Å². The Morgan fingerprint density at radius 3 is 2.07 bits per heavy atom. The van der Waals surface area contributed by atoms with Crippen molar-refractivity contribution in [2.45, 2.75) is 31.3 Å². The summed E-state index contributed by atoms with van der Waals surface area (Å²) in [5.74, 6) is 0. The zero-order valence-electron chi connectivity index (χ0n) is 7.71. The molecular formula is C11H12F2O. The zero-order chi connectivity index (χ0) is 10.2. The third kappa shape index (κ3) is 1.52. The van der Waals surface area contributed by atoms with E-state index >= 15 is 0 Å². The maximum absolute atomic E-state index is 12.2. The van der Waals surface area contributed by atoms with Crippen molar-refractivity contribution in [2.75, 3.05) is 0 Å². The highest BCUT2D eigenvalue weighted by Crippen LogP contribution is 2.41. The molecule has 1 N–H and O–H groups in total. The predicted molar refractivity (Wildman–Crippen MR) is 49.1 cm³/mol. The number of halogens is 2. The zero-order valence-corrected chi connectivity index (χ0v) is 7.71. The van der Waals surface area contributed by atoms with E-state index in [1.807, 2.05) is 0 Å². The summed E-state index contributed by atoms with van der Waals surface area (Å²) >= 11 is 0. The number of rotatable bonds is 2. The van der Waals surface area contributed by atoms with Crippen LogP contribution in [0.3, 0.4) is 0 Å². The van der Waals surface area contributed by atoms with Gasteiger partial charge in [0.2, 0.25) is 0 Å². The third-order valence-electron chi connectivity index (χ3n) is 2.88. The fraction of sp³-hybridized carbons (Fsp3) is 0.455. The van der Waals surface area contributed by atoms with Gasteiger partial charge in [-0.1, -0.05) is 24.3 Å². The molecule has 0 saturated heterocycles. The molecule has 1 aliphatic rings. The van der Waals surface area contributed by atoms with E-state index in [0.29, 0.717) is 0 Å². The average Bonchev–Trinajstić information content (AvgIpc) is 2.14. The molecule has 1 aromatic carbocycles. The summed E-state index contributed by atoms with van der Waals surface area (Å²) in [6, 6.07) is 5.97. The molecule has 0 heterocycles. The van der Waals surface area contributed by atoms with Gasteiger partial charge in [0.25, 0.3) is 6.43 Å². The standard InChI is InChI=1S/C11H12F2O/c12-10(13)8-2-4-9(5-3-8)11(14)6-1-7-11/h2-5,10,14H,1,6-7H2. The molecule has 1 aliphatic carbocycles. The first-order valence-corrected chi connectivity index (χ1v) is 4.73. The molecule has 14 heavy (non-hydrogen) atoms. The average molecular weight is 198 g/mol. The fourth-order valence-electron chi connectivity index (χ4n) is 1.74. The highest BCUT2D eigenvalue weighted by Gasteiger charge is 2.35. The highest BCUT2D eigenvalue weighted by molar-refractivity contribution is 5.29. The first-order chi connectivity index (χ1) is 6.62. The molecule has 1 fully saturated rings. The molecule has 76 valence electrons. The third-order valence-corrected chi connectivity index (χ3v) is 2.88. The number of hydrogen-bond donors (Lipinski definition) is 1. The Labute approximate surface area is 81.4 Å². The molecule has 0 aliphatic heterocycles. The normalized spacial score (nSPS) is 19.4. The van der Waals surface area contributed by atoms with Gasteiger partial charge in [0.1, 0.15) is 0 Å². The van der Waals surface area contributed by atoms with Crippen molar-refractivity contribution in [3.05, 3.63) is 35.4 Å². The number of aliphatic hydroxyl groups is 1. The van der Waals surface area contributed by atoms with Crippen LogP contribution in [-0.2, 0) is 5.60 Å². The van der Waals surface area contributed by atoms with Crippen LogP contribution < -0.4 is 0 Å². The van der Waals surface area contributed by atoms with Gasteiger partial charge < -0.3 is 5.11 Å². The van der Waals surface area contributed by atoms with Gasteiger partial charge in [-0.2, -0.15) is 0 Å². The molecule has 1 aromatic rings. The molecule has 0 bridgehead atoms. The molecule has 1 saturated carbocycles. The molecule has 2 rings (SSSR count). The van der Waals surface area contributed by atoms with Gasteiger partial charge in [-0.05, 0) is 24.8 Å². The van der Waals surface area contributed by atoms with Crippen LogP contribution in [0.2, 0.25) is 0 Å². The second kappa shape index (κ2) is 3.31. The van der Waals surface area contributed by atoms with Crippen molar-refractivity contribution in [1.29, 1.82) is 0 Å². The summed E-state index contributed by atoms with van der Waals surface area (Å²) < 4.78 is 24.5. The van der Waals surface area contributed by atoms with Gasteiger partial charge in [-0.3, -0.25) is 0 Å². The minimum absolute atomic E-state index is 0.0108. The summed E-state index contributed by atoms with van der Waals surface area (Å²) in [7, 11) is 0. The second-order valence-corrected chi connectivity index (χ2v) is 3.81. The van der Waals surface area contributed by atoms with Crippen LogP contribution >= 0.6 is 0 Å². The first kappa shape index (κ1) is 9.59. The molecule has 0 radical (unpaired) electrons. The summed E-state index contributed by atoms with van der Waals surface area (Å²) in [5, 5.41) is 9.92. The lowest BCUT2D eigenvalue weighted by Crippen LogP contribution is -2.33. The number of hydrogen-bond acceptors (Lipinski definition) is 1. The molecule has 0 spiro atoms. The molecule has 0 amide bonds. The van der Waals surface area contributed by atoms with E-state index in [1.54, 1.807) is 12.1 Å². The maximum atomic E-state index is 12.2. The monoisotopic (exact) mass is 198 g/mol. The largest absolute Gasteiger partial charge is 0.385 e. The Kier molecular flexibility index (Phi) is 2.27. The SMILES string of the molecule is OC1(c2ccc(C(F)F)cc2)CCC1. The van der Waals surface area contributed by atoms with Crippen LogP contribution in [0.5, 0.6) is 0 Å². The number of alkyl halides is 2. The Balaban J connectivity index is 2.21. The summed E-state index contributed by atoms with van der Waals surface area (Å²) in [5.41, 5.74) is 0.0190. The smallest absolute Gasteiger partial charge is 0.263 e. The first-order valence-electron chi connectivity index (χ1n) is 4.73. The lowest BCUT2D eigenvalue weighted by molar-refractivity contribution is -0.0388. The summed E-state index contributed by atoms with van der Waals surface area (Å²) in [6.45, 7) is 0. The van der Waals surface area contributed by atoms with Crippen molar-refractivity contribution in [2.24, 2.45) is 0 Å². The quantitative estimate of drug-likeness (QED) is 0.774. The van der Waals surface area contributed by atoms with E-state index in [2.05, 4.69) is 0 Å². The predicted octanol–water partition coefficient (Wildman–Crippen LogP) is 3.00. The minimum atomic E-state index is -2.43. The Morgan fingerprint density at radius 1 is 1.14 bits per heavy atom. The number of benzene rings is 1. The van der Waals surface area contributed by atoms with E-state index in [9.17, 15) is 13.9 Å². The van der Waals surface area contributed by atoms with Crippen molar-refractivity contribution < 1.29 is 13.9 Å². The summed E-state index contributed by atoms with van der Waals surface area (Å²) in [4.78, 5) is 0. The summed E-state index contributed by atoms with van der Waals surface area (Å²) in [6.07, 6.45) is 0.0508. The molecule has 0 aromatic heterocycles. The van der Waals surface area contributed by atoms with Crippen molar-refractivity contribution in [1.82, 2.24) is 0 Å². The van der Waals surface area contributed by atoms with Crippen molar-refractivity contribution >= 4 is 0 Å². The van der Waals surface area contributed by atoms with Gasteiger partial charge in [0.05, 0.1) is 5.60 Å². The topological polar surface area (TPSA) is 20.2 Å². The van der Waals surface area contributed by atoms with Crippen molar-refractivity contribution in [3.63, 3.8) is 0 Å². The molecule has 0 atom stereocenters. The molecular weight excluding hydrogens is 186 g/mol. The van der Waals surface area contributed by atoms with E-state index in [0.717, 1.165) is 24.8 Å². The van der Waals surface area contributed by atoms with Gasteiger partial charge in [-0.15, -0.1) is 0 Å². The van der Waals surface area contributed by atoms with Gasteiger partial charge in [0.15, 0.2) is 0 Å².